The highest BCUT2D eigenvalue weighted by Gasteiger charge is 2.13. The van der Waals surface area contributed by atoms with Gasteiger partial charge < -0.3 is 15.5 Å². The average Bonchev–Trinajstić information content (AvgIpc) is 3.45. The molecule has 8 heteroatoms. The van der Waals surface area contributed by atoms with E-state index in [-0.39, 0.29) is 0 Å². The first-order chi connectivity index (χ1) is 15.0. The van der Waals surface area contributed by atoms with Gasteiger partial charge in [-0.05, 0) is 29.1 Å². The number of nitrogens with one attached hydrogen (secondary N) is 1. The van der Waals surface area contributed by atoms with Crippen molar-refractivity contribution in [3.63, 3.8) is 0 Å². The summed E-state index contributed by atoms with van der Waals surface area (Å²) in [5.41, 5.74) is 4.63. The first-order valence-electron chi connectivity index (χ1n) is 9.43. The van der Waals surface area contributed by atoms with E-state index >= 15 is 0 Å². The minimum atomic E-state index is -1.82. The van der Waals surface area contributed by atoms with Gasteiger partial charge in [-0.3, -0.25) is 0 Å². The fraction of sp³-hybridized carbons (Fsp3) is 0.0870. The lowest BCUT2D eigenvalue weighted by Gasteiger charge is -2.04. The molecule has 2 heterocycles. The maximum atomic E-state index is 9.10. The number of nitrogens with zero attached hydrogens (tertiary/aromatic N) is 2. The number of rotatable bonds is 6. The van der Waals surface area contributed by atoms with Crippen molar-refractivity contribution in [1.29, 1.82) is 0 Å². The zero-order valence-electron chi connectivity index (χ0n) is 16.5. The molecule has 2 aromatic carbocycles. The number of carboxylic acid groups (broad SMARTS) is 2. The third-order valence-corrected chi connectivity index (χ3v) is 5.11. The van der Waals surface area contributed by atoms with Crippen molar-refractivity contribution >= 4 is 23.3 Å². The number of carbonyl (C=O) groups is 2. The number of aromatic nitrogens is 2. The monoisotopic (exact) mass is 435 g/mol. The van der Waals surface area contributed by atoms with Crippen LogP contribution < -0.4 is 5.32 Å². The Kier molecular flexibility index (Phi) is 7.69. The average molecular weight is 436 g/mol. The quantitative estimate of drug-likeness (QED) is 0.395. The van der Waals surface area contributed by atoms with Crippen LogP contribution in [0.3, 0.4) is 0 Å². The van der Waals surface area contributed by atoms with Crippen molar-refractivity contribution in [1.82, 2.24) is 15.1 Å². The number of hydrogen-bond acceptors (Lipinski definition) is 5. The molecule has 0 aliphatic carbocycles. The highest BCUT2D eigenvalue weighted by atomic mass is 32.1. The Labute approximate surface area is 183 Å². The molecule has 0 fully saturated rings. The van der Waals surface area contributed by atoms with Crippen LogP contribution in [0.4, 0.5) is 0 Å². The standard InChI is InChI=1S/C21H19N3S.C2H2O4/c1-3-8-17(9-4-1)14-22-15-18-16-24(19-10-5-2-6-11-19)23-21(18)20-12-7-13-25-20;3-1(4)2(5)6/h1-13,16,22H,14-15H2;(H,3,4)(H,5,6). The lowest BCUT2D eigenvalue weighted by molar-refractivity contribution is -0.159. The Balaban J connectivity index is 0.000000401. The summed E-state index contributed by atoms with van der Waals surface area (Å²) < 4.78 is 1.97. The zero-order valence-corrected chi connectivity index (χ0v) is 17.3. The van der Waals surface area contributed by atoms with Crippen LogP contribution in [-0.2, 0) is 22.7 Å². The lowest BCUT2D eigenvalue weighted by atomic mass is 10.2. The van der Waals surface area contributed by atoms with E-state index in [4.69, 9.17) is 24.9 Å². The molecule has 4 rings (SSSR count). The van der Waals surface area contributed by atoms with Crippen molar-refractivity contribution in [3.8, 4) is 16.3 Å². The second-order valence-corrected chi connectivity index (χ2v) is 7.41. The van der Waals surface area contributed by atoms with Crippen molar-refractivity contribution in [3.05, 3.63) is 95.5 Å². The minimum absolute atomic E-state index is 0.787. The molecule has 4 aromatic rings. The van der Waals surface area contributed by atoms with Crippen LogP contribution in [0, 0.1) is 0 Å². The maximum Gasteiger partial charge on any atom is 0.414 e. The normalized spacial score (nSPS) is 10.2. The van der Waals surface area contributed by atoms with Crippen molar-refractivity contribution < 1.29 is 19.8 Å². The molecule has 7 nitrogen and oxygen atoms in total. The number of aliphatic carboxylic acids is 2. The molecule has 0 radical (unpaired) electrons. The first kappa shape index (κ1) is 21.9. The first-order valence-corrected chi connectivity index (χ1v) is 10.3. The van der Waals surface area contributed by atoms with Crippen LogP contribution in [0.25, 0.3) is 16.3 Å². The molecular formula is C23H21N3O4S. The number of carboxylic acids is 2. The zero-order chi connectivity index (χ0) is 22.1. The van der Waals surface area contributed by atoms with Gasteiger partial charge in [-0.15, -0.1) is 11.3 Å². The van der Waals surface area contributed by atoms with Crippen LogP contribution in [-0.4, -0.2) is 31.9 Å². The van der Waals surface area contributed by atoms with Gasteiger partial charge in [-0.25, -0.2) is 14.3 Å². The van der Waals surface area contributed by atoms with E-state index in [0.717, 1.165) is 24.5 Å². The summed E-state index contributed by atoms with van der Waals surface area (Å²) in [5.74, 6) is -3.65. The molecule has 0 aliphatic rings. The largest absolute Gasteiger partial charge is 0.473 e. The van der Waals surface area contributed by atoms with Crippen LogP contribution in [0.5, 0.6) is 0 Å². The van der Waals surface area contributed by atoms with Gasteiger partial charge in [0.2, 0.25) is 0 Å². The molecule has 0 atom stereocenters. The molecule has 2 aromatic heterocycles. The SMILES string of the molecule is O=C(O)C(=O)O.c1ccc(CNCc2cn(-c3ccccc3)nc2-c2cccs2)cc1. The molecule has 31 heavy (non-hydrogen) atoms. The molecule has 0 unspecified atom stereocenters. The van der Waals surface area contributed by atoms with E-state index in [1.807, 2.05) is 28.9 Å². The van der Waals surface area contributed by atoms with Crippen LogP contribution in [0.1, 0.15) is 11.1 Å². The van der Waals surface area contributed by atoms with Gasteiger partial charge in [-0.1, -0.05) is 54.6 Å². The predicted molar refractivity (Wildman–Crippen MR) is 119 cm³/mol. The Morgan fingerprint density at radius 2 is 1.52 bits per heavy atom. The van der Waals surface area contributed by atoms with E-state index in [1.54, 1.807) is 11.3 Å². The lowest BCUT2D eigenvalue weighted by Crippen LogP contribution is -2.12. The topological polar surface area (TPSA) is 104 Å². The number of benzene rings is 2. The number of hydrogen-bond donors (Lipinski definition) is 3. The molecule has 3 N–H and O–H groups in total. The predicted octanol–water partition coefficient (Wildman–Crippen LogP) is 4.05. The molecular weight excluding hydrogens is 414 g/mol. The fourth-order valence-corrected chi connectivity index (χ4v) is 3.55. The van der Waals surface area contributed by atoms with Gasteiger partial charge in [0.05, 0.1) is 10.6 Å². The van der Waals surface area contributed by atoms with Gasteiger partial charge in [0.1, 0.15) is 5.69 Å². The van der Waals surface area contributed by atoms with E-state index in [9.17, 15) is 0 Å². The second-order valence-electron chi connectivity index (χ2n) is 6.46. The molecule has 0 saturated heterocycles. The Morgan fingerprint density at radius 3 is 2.10 bits per heavy atom. The highest BCUT2D eigenvalue weighted by Crippen LogP contribution is 2.27. The number of para-hydroxylation sites is 1. The van der Waals surface area contributed by atoms with E-state index in [1.165, 1.54) is 16.0 Å². The van der Waals surface area contributed by atoms with Gasteiger partial charge in [-0.2, -0.15) is 5.10 Å². The molecule has 0 saturated carbocycles. The van der Waals surface area contributed by atoms with Gasteiger partial charge in [0.15, 0.2) is 0 Å². The smallest absolute Gasteiger partial charge is 0.414 e. The van der Waals surface area contributed by atoms with Crippen LogP contribution in [0.2, 0.25) is 0 Å². The van der Waals surface area contributed by atoms with E-state index < -0.39 is 11.9 Å². The Morgan fingerprint density at radius 1 is 0.871 bits per heavy atom. The van der Waals surface area contributed by atoms with Crippen molar-refractivity contribution in [2.75, 3.05) is 0 Å². The highest BCUT2D eigenvalue weighted by molar-refractivity contribution is 7.13. The van der Waals surface area contributed by atoms with Gasteiger partial charge >= 0.3 is 11.9 Å². The molecule has 0 amide bonds. The summed E-state index contributed by atoms with van der Waals surface area (Å²) in [5, 5.41) is 25.2. The second kappa shape index (κ2) is 10.9. The van der Waals surface area contributed by atoms with Crippen molar-refractivity contribution in [2.45, 2.75) is 13.1 Å². The fourth-order valence-electron chi connectivity index (χ4n) is 2.81. The summed E-state index contributed by atoms with van der Waals surface area (Å²) in [6.07, 6.45) is 2.13. The minimum Gasteiger partial charge on any atom is -0.473 e. The summed E-state index contributed by atoms with van der Waals surface area (Å²) in [4.78, 5) is 19.4. The van der Waals surface area contributed by atoms with E-state index in [2.05, 4.69) is 65.4 Å². The maximum absolute atomic E-state index is 9.10. The molecule has 0 aliphatic heterocycles. The van der Waals surface area contributed by atoms with Crippen LogP contribution >= 0.6 is 11.3 Å². The third kappa shape index (κ3) is 6.36. The molecule has 0 spiro atoms. The third-order valence-electron chi connectivity index (χ3n) is 4.24. The Bertz CT molecular complexity index is 1100. The van der Waals surface area contributed by atoms with Crippen molar-refractivity contribution in [2.24, 2.45) is 0 Å². The van der Waals surface area contributed by atoms with Crippen LogP contribution in [0.15, 0.2) is 84.4 Å². The molecule has 0 bridgehead atoms. The number of thiophene rings is 1. The summed E-state index contributed by atoms with van der Waals surface area (Å²) in [7, 11) is 0. The van der Waals surface area contributed by atoms with Gasteiger partial charge in [0, 0.05) is 24.8 Å². The molecule has 158 valence electrons. The summed E-state index contributed by atoms with van der Waals surface area (Å²) >= 11 is 1.72. The summed E-state index contributed by atoms with van der Waals surface area (Å²) in [6, 6.07) is 24.9. The van der Waals surface area contributed by atoms with Gasteiger partial charge in [0.25, 0.3) is 0 Å². The Hall–Kier alpha value is -3.75. The summed E-state index contributed by atoms with van der Waals surface area (Å²) in [6.45, 7) is 1.64. The van der Waals surface area contributed by atoms with E-state index in [0.29, 0.717) is 0 Å².